The van der Waals surface area contributed by atoms with Crippen LogP contribution in [0.2, 0.25) is 0 Å². The molecule has 1 aromatic heterocycles. The smallest absolute Gasteiger partial charge is 0.305 e. The van der Waals surface area contributed by atoms with E-state index in [9.17, 15) is 17.6 Å². The predicted octanol–water partition coefficient (Wildman–Crippen LogP) is 4.79. The number of rotatable bonds is 1. The van der Waals surface area contributed by atoms with Crippen molar-refractivity contribution in [3.05, 3.63) is 66.1 Å². The first-order valence-electron chi connectivity index (χ1n) is 5.90. The van der Waals surface area contributed by atoms with Crippen LogP contribution < -0.4 is 0 Å². The molecular weight excluding hydrogens is 270 g/mol. The van der Waals surface area contributed by atoms with Crippen molar-refractivity contribution in [2.24, 2.45) is 0 Å². The van der Waals surface area contributed by atoms with Crippen LogP contribution in [0.5, 0.6) is 0 Å². The molecule has 1 heterocycles. The van der Waals surface area contributed by atoms with Crippen LogP contribution in [0.15, 0.2) is 54.6 Å². The lowest BCUT2D eigenvalue weighted by Crippen LogP contribution is -2.12. The Hall–Kier alpha value is -2.30. The van der Waals surface area contributed by atoms with E-state index < -0.39 is 17.7 Å². The summed E-state index contributed by atoms with van der Waals surface area (Å²) in [6, 6.07) is 12.7. The van der Waals surface area contributed by atoms with Crippen LogP contribution in [0.1, 0.15) is 5.69 Å². The van der Waals surface area contributed by atoms with Crippen LogP contribution in [-0.2, 0) is 6.18 Å². The van der Waals surface area contributed by atoms with Gasteiger partial charge in [0, 0.05) is 11.1 Å². The lowest BCUT2D eigenvalue weighted by Gasteiger charge is -2.13. The summed E-state index contributed by atoms with van der Waals surface area (Å²) in [5, 5.41) is 0.350. The summed E-state index contributed by atoms with van der Waals surface area (Å²) in [5.74, 6) is -0.568. The minimum Gasteiger partial charge on any atom is -0.305 e. The normalized spacial score (nSPS) is 12.0. The van der Waals surface area contributed by atoms with Gasteiger partial charge in [-0.15, -0.1) is 0 Å². The van der Waals surface area contributed by atoms with Crippen molar-refractivity contribution < 1.29 is 17.6 Å². The fourth-order valence-corrected chi connectivity index (χ4v) is 2.24. The van der Waals surface area contributed by atoms with Crippen LogP contribution in [0.3, 0.4) is 0 Å². The molecule has 0 aliphatic rings. The molecule has 0 amide bonds. The van der Waals surface area contributed by atoms with E-state index in [0.717, 1.165) is 22.8 Å². The Kier molecular flexibility index (Phi) is 2.78. The van der Waals surface area contributed by atoms with Crippen molar-refractivity contribution >= 4 is 10.9 Å². The molecule has 0 N–H and O–H groups in total. The Morgan fingerprint density at radius 2 is 1.55 bits per heavy atom. The fourth-order valence-electron chi connectivity index (χ4n) is 2.24. The van der Waals surface area contributed by atoms with Gasteiger partial charge < -0.3 is 4.57 Å². The first-order chi connectivity index (χ1) is 9.47. The van der Waals surface area contributed by atoms with Crippen molar-refractivity contribution in [2.45, 2.75) is 6.18 Å². The van der Waals surface area contributed by atoms with Crippen molar-refractivity contribution in [2.75, 3.05) is 0 Å². The van der Waals surface area contributed by atoms with E-state index in [1.807, 2.05) is 0 Å². The second-order valence-electron chi connectivity index (χ2n) is 4.40. The minimum atomic E-state index is -4.51. The molecule has 3 rings (SSSR count). The van der Waals surface area contributed by atoms with Crippen molar-refractivity contribution in [1.82, 2.24) is 4.57 Å². The SMILES string of the molecule is Fc1ccc2cc(C(F)(F)F)n(-c3ccccc3)c2c1. The number of halogens is 4. The third-order valence-corrected chi connectivity index (χ3v) is 3.07. The standard InChI is InChI=1S/C15H9F4N/c16-11-7-6-10-8-14(15(17,18)19)20(13(10)9-11)12-4-2-1-3-5-12/h1-9H. The highest BCUT2D eigenvalue weighted by atomic mass is 19.4. The third kappa shape index (κ3) is 2.05. The molecule has 0 fully saturated rings. The molecule has 20 heavy (non-hydrogen) atoms. The maximum atomic E-state index is 13.3. The molecule has 1 nitrogen and oxygen atoms in total. The average molecular weight is 279 g/mol. The van der Waals surface area contributed by atoms with Crippen LogP contribution >= 0.6 is 0 Å². The molecule has 102 valence electrons. The summed E-state index contributed by atoms with van der Waals surface area (Å²) < 4.78 is 53.8. The van der Waals surface area contributed by atoms with Gasteiger partial charge in [0.2, 0.25) is 0 Å². The molecule has 0 saturated carbocycles. The summed E-state index contributed by atoms with van der Waals surface area (Å²) in [7, 11) is 0. The van der Waals surface area contributed by atoms with E-state index in [2.05, 4.69) is 0 Å². The second-order valence-corrected chi connectivity index (χ2v) is 4.40. The average Bonchev–Trinajstić information content (AvgIpc) is 2.78. The molecule has 0 saturated heterocycles. The Morgan fingerprint density at radius 1 is 0.850 bits per heavy atom. The van der Waals surface area contributed by atoms with Gasteiger partial charge in [-0.05, 0) is 36.4 Å². The van der Waals surface area contributed by atoms with Gasteiger partial charge in [0.25, 0.3) is 0 Å². The lowest BCUT2D eigenvalue weighted by molar-refractivity contribution is -0.142. The van der Waals surface area contributed by atoms with Crippen LogP contribution in [0.4, 0.5) is 17.6 Å². The first kappa shape index (κ1) is 12.7. The number of benzene rings is 2. The molecule has 5 heteroatoms. The fraction of sp³-hybridized carbons (Fsp3) is 0.0667. The molecule has 2 aromatic carbocycles. The van der Waals surface area contributed by atoms with Gasteiger partial charge in [0.05, 0.1) is 5.52 Å². The monoisotopic (exact) mass is 279 g/mol. The van der Waals surface area contributed by atoms with Crippen LogP contribution in [-0.4, -0.2) is 4.57 Å². The van der Waals surface area contributed by atoms with Gasteiger partial charge in [-0.25, -0.2) is 4.39 Å². The molecule has 0 aliphatic carbocycles. The third-order valence-electron chi connectivity index (χ3n) is 3.07. The predicted molar refractivity (Wildman–Crippen MR) is 68.2 cm³/mol. The van der Waals surface area contributed by atoms with Crippen molar-refractivity contribution in [3.8, 4) is 5.69 Å². The van der Waals surface area contributed by atoms with E-state index in [1.165, 1.54) is 6.07 Å². The highest BCUT2D eigenvalue weighted by Gasteiger charge is 2.35. The summed E-state index contributed by atoms with van der Waals surface area (Å²) in [5.41, 5.74) is -0.270. The van der Waals surface area contributed by atoms with E-state index in [4.69, 9.17) is 0 Å². The maximum Gasteiger partial charge on any atom is 0.431 e. The summed E-state index contributed by atoms with van der Waals surface area (Å²) >= 11 is 0. The summed E-state index contributed by atoms with van der Waals surface area (Å²) in [6.07, 6.45) is -4.51. The molecular formula is C15H9F4N. The number of hydrogen-bond acceptors (Lipinski definition) is 0. The zero-order chi connectivity index (χ0) is 14.3. The van der Waals surface area contributed by atoms with Crippen LogP contribution in [0, 0.1) is 5.82 Å². The van der Waals surface area contributed by atoms with Gasteiger partial charge in [-0.3, -0.25) is 0 Å². The number of alkyl halides is 3. The van der Waals surface area contributed by atoms with E-state index in [0.29, 0.717) is 11.1 Å². The van der Waals surface area contributed by atoms with E-state index >= 15 is 0 Å². The number of nitrogens with zero attached hydrogens (tertiary/aromatic N) is 1. The molecule has 0 unspecified atom stereocenters. The highest BCUT2D eigenvalue weighted by molar-refractivity contribution is 5.83. The van der Waals surface area contributed by atoms with Gasteiger partial charge >= 0.3 is 6.18 Å². The van der Waals surface area contributed by atoms with E-state index in [1.54, 1.807) is 30.3 Å². The molecule has 3 aromatic rings. The van der Waals surface area contributed by atoms with Crippen molar-refractivity contribution in [1.29, 1.82) is 0 Å². The Morgan fingerprint density at radius 3 is 2.20 bits per heavy atom. The molecule has 0 bridgehead atoms. The Bertz CT molecular complexity index is 757. The van der Waals surface area contributed by atoms with Gasteiger partial charge in [0.15, 0.2) is 0 Å². The van der Waals surface area contributed by atoms with Gasteiger partial charge in [-0.2, -0.15) is 13.2 Å². The lowest BCUT2D eigenvalue weighted by atomic mass is 10.2. The first-order valence-corrected chi connectivity index (χ1v) is 5.90. The zero-order valence-electron chi connectivity index (χ0n) is 10.2. The Balaban J connectivity index is 2.40. The summed E-state index contributed by atoms with van der Waals surface area (Å²) in [6.45, 7) is 0. The highest BCUT2D eigenvalue weighted by Crippen LogP contribution is 2.36. The minimum absolute atomic E-state index is 0.198. The Labute approximate surface area is 112 Å². The van der Waals surface area contributed by atoms with E-state index in [-0.39, 0.29) is 5.52 Å². The largest absolute Gasteiger partial charge is 0.431 e. The maximum absolute atomic E-state index is 13.3. The quantitative estimate of drug-likeness (QED) is 0.564. The van der Waals surface area contributed by atoms with Gasteiger partial charge in [0.1, 0.15) is 11.5 Å². The van der Waals surface area contributed by atoms with Gasteiger partial charge in [-0.1, -0.05) is 18.2 Å². The number of aromatic nitrogens is 1. The van der Waals surface area contributed by atoms with Crippen LogP contribution in [0.25, 0.3) is 16.6 Å². The zero-order valence-corrected chi connectivity index (χ0v) is 10.2. The molecule has 0 radical (unpaired) electrons. The molecule has 0 aliphatic heterocycles. The second kappa shape index (κ2) is 4.37. The number of hydrogen-bond donors (Lipinski definition) is 0. The summed E-state index contributed by atoms with van der Waals surface area (Å²) in [4.78, 5) is 0. The van der Waals surface area contributed by atoms with Crippen molar-refractivity contribution in [3.63, 3.8) is 0 Å². The topological polar surface area (TPSA) is 4.93 Å². The number of fused-ring (bicyclic) bond motifs is 1. The molecule has 0 spiro atoms. The molecule has 0 atom stereocenters. The number of para-hydroxylation sites is 1.